The minimum Gasteiger partial charge on any atom is -0.497 e. The Hall–Kier alpha value is -4.13. The van der Waals surface area contributed by atoms with Crippen molar-refractivity contribution in [2.45, 2.75) is 13.3 Å². The van der Waals surface area contributed by atoms with Crippen LogP contribution in [0.15, 0.2) is 42.9 Å². The summed E-state index contributed by atoms with van der Waals surface area (Å²) in [6.07, 6.45) is 2.77. The van der Waals surface area contributed by atoms with Crippen LogP contribution in [0.2, 0.25) is 0 Å². The molecule has 2 heterocycles. The summed E-state index contributed by atoms with van der Waals surface area (Å²) in [5.74, 6) is -4.26. The van der Waals surface area contributed by atoms with E-state index in [1.165, 1.54) is 31.8 Å². The van der Waals surface area contributed by atoms with Crippen molar-refractivity contribution in [2.75, 3.05) is 22.9 Å². The van der Waals surface area contributed by atoms with Crippen molar-refractivity contribution in [1.29, 1.82) is 0 Å². The molecule has 2 aromatic carbocycles. The second kappa shape index (κ2) is 9.85. The highest BCUT2D eigenvalue weighted by Gasteiger charge is 2.29. The lowest BCUT2D eigenvalue weighted by Crippen LogP contribution is -2.18. The van der Waals surface area contributed by atoms with Gasteiger partial charge in [0.05, 0.1) is 41.6 Å². The van der Waals surface area contributed by atoms with Gasteiger partial charge in [-0.2, -0.15) is 0 Å². The van der Waals surface area contributed by atoms with E-state index in [9.17, 15) is 22.0 Å². The molecule has 0 fully saturated rings. The Balaban J connectivity index is 1.78. The highest BCUT2D eigenvalue weighted by molar-refractivity contribution is 7.92. The normalized spacial score (nSPS) is 11.5. The van der Waals surface area contributed by atoms with Gasteiger partial charge in [-0.05, 0) is 30.7 Å². The summed E-state index contributed by atoms with van der Waals surface area (Å²) >= 11 is 0. The number of aromatic amines is 2. The number of benzene rings is 2. The number of carbonyl (C=O) groups is 1. The summed E-state index contributed by atoms with van der Waals surface area (Å²) in [7, 11) is -2.51. The number of nitrogens with zero attached hydrogens (tertiary/aromatic N) is 1. The number of ketones is 1. The molecule has 0 bridgehead atoms. The molecule has 0 atom stereocenters. The molecule has 0 aliphatic rings. The molecular formula is C23H21F3N5O4S+. The minimum absolute atomic E-state index is 0.0140. The molecule has 188 valence electrons. The predicted molar refractivity (Wildman–Crippen MR) is 126 cm³/mol. The smallest absolute Gasteiger partial charge is 0.236 e. The molecule has 2 aromatic heterocycles. The maximum Gasteiger partial charge on any atom is 0.236 e. The number of sulfonamides is 1. The van der Waals surface area contributed by atoms with E-state index < -0.39 is 44.5 Å². The van der Waals surface area contributed by atoms with Gasteiger partial charge in [0.1, 0.15) is 22.8 Å². The van der Waals surface area contributed by atoms with Gasteiger partial charge in [-0.1, -0.05) is 11.9 Å². The summed E-state index contributed by atoms with van der Waals surface area (Å²) in [5, 5.41) is 2.88. The van der Waals surface area contributed by atoms with Gasteiger partial charge in [0.2, 0.25) is 33.6 Å². The van der Waals surface area contributed by atoms with Gasteiger partial charge < -0.3 is 10.1 Å². The van der Waals surface area contributed by atoms with Crippen molar-refractivity contribution in [3.63, 3.8) is 0 Å². The molecule has 0 spiro atoms. The topological polar surface area (TPSA) is 127 Å². The zero-order valence-corrected chi connectivity index (χ0v) is 19.9. The van der Waals surface area contributed by atoms with Crippen LogP contribution in [0, 0.1) is 17.5 Å². The van der Waals surface area contributed by atoms with Crippen LogP contribution < -0.4 is 19.8 Å². The Morgan fingerprint density at radius 1 is 1.14 bits per heavy atom. The second-order valence-electron chi connectivity index (χ2n) is 7.71. The summed E-state index contributed by atoms with van der Waals surface area (Å²) in [4.78, 5) is 23.0. The van der Waals surface area contributed by atoms with Gasteiger partial charge in [0.25, 0.3) is 0 Å². The Labute approximate surface area is 203 Å². The lowest BCUT2D eigenvalue weighted by Gasteiger charge is -2.11. The number of rotatable bonds is 9. The van der Waals surface area contributed by atoms with Crippen molar-refractivity contribution in [2.24, 2.45) is 0 Å². The molecule has 9 nitrogen and oxygen atoms in total. The standard InChI is InChI=1S/C23H20F3N5O4S/c1-3-8-36(33,34)31-17-7-5-14(24)19(20(17)26)21(32)13-10-27-22-18(13)23(29-11-28-22)30-16-6-4-12(35-2)9-15(16)25/h4-7,9-11,31H,3,8H2,1-2H3,(H2,27,28,29,30)/p+1. The maximum absolute atomic E-state index is 15.2. The first-order valence-electron chi connectivity index (χ1n) is 10.7. The number of methoxy groups -OCH3 is 1. The molecule has 0 saturated carbocycles. The number of ether oxygens (including phenoxy) is 1. The van der Waals surface area contributed by atoms with E-state index in [2.05, 4.69) is 20.3 Å². The Morgan fingerprint density at radius 2 is 1.89 bits per heavy atom. The first-order valence-corrected chi connectivity index (χ1v) is 12.3. The molecule has 0 aliphatic carbocycles. The summed E-state index contributed by atoms with van der Waals surface area (Å²) < 4.78 is 75.6. The van der Waals surface area contributed by atoms with E-state index in [0.29, 0.717) is 0 Å². The van der Waals surface area contributed by atoms with Crippen molar-refractivity contribution in [1.82, 2.24) is 9.97 Å². The first kappa shape index (κ1) is 25.0. The molecule has 0 radical (unpaired) electrons. The fourth-order valence-electron chi connectivity index (χ4n) is 3.60. The number of fused-ring (bicyclic) bond motifs is 1. The fourth-order valence-corrected chi connectivity index (χ4v) is 4.73. The average Bonchev–Trinajstić information content (AvgIpc) is 3.27. The fraction of sp³-hybridized carbons (Fsp3) is 0.174. The van der Waals surface area contributed by atoms with Crippen LogP contribution in [0.1, 0.15) is 29.3 Å². The summed E-state index contributed by atoms with van der Waals surface area (Å²) in [6, 6.07) is 5.76. The lowest BCUT2D eigenvalue weighted by atomic mass is 10.0. The van der Waals surface area contributed by atoms with Gasteiger partial charge in [-0.15, -0.1) is 0 Å². The van der Waals surface area contributed by atoms with Crippen molar-refractivity contribution >= 4 is 44.0 Å². The molecule has 0 unspecified atom stereocenters. The van der Waals surface area contributed by atoms with E-state index in [0.717, 1.165) is 18.2 Å². The van der Waals surface area contributed by atoms with E-state index in [4.69, 9.17) is 4.74 Å². The molecule has 0 saturated heterocycles. The number of carbonyl (C=O) groups excluding carboxylic acids is 1. The summed E-state index contributed by atoms with van der Waals surface area (Å²) in [6.45, 7) is 1.63. The number of hydrogen-bond acceptors (Lipinski definition) is 6. The monoisotopic (exact) mass is 520 g/mol. The van der Waals surface area contributed by atoms with E-state index in [-0.39, 0.29) is 46.0 Å². The minimum atomic E-state index is -3.90. The third-order valence-corrected chi connectivity index (χ3v) is 6.73. The number of aromatic nitrogens is 3. The third kappa shape index (κ3) is 4.82. The molecule has 4 N–H and O–H groups in total. The van der Waals surface area contributed by atoms with Crippen LogP contribution in [-0.4, -0.2) is 37.0 Å². The van der Waals surface area contributed by atoms with Crippen molar-refractivity contribution < 1.29 is 36.1 Å². The SMILES string of the molecule is CCCS(=O)(=O)Nc1ccc(F)c(C(=O)c2c[nH]c3[nH+]cnc(Nc4ccc(OC)cc4F)c23)c1F. The van der Waals surface area contributed by atoms with Gasteiger partial charge in [-0.25, -0.2) is 26.6 Å². The number of H-pyrrole nitrogens is 2. The summed E-state index contributed by atoms with van der Waals surface area (Å²) in [5.41, 5.74) is -1.42. The van der Waals surface area contributed by atoms with Crippen LogP contribution in [0.25, 0.3) is 11.0 Å². The number of hydrogen-bond donors (Lipinski definition) is 3. The van der Waals surface area contributed by atoms with E-state index in [1.54, 1.807) is 6.92 Å². The zero-order chi connectivity index (χ0) is 26.0. The maximum atomic E-state index is 15.2. The van der Waals surface area contributed by atoms with Gasteiger partial charge in [0, 0.05) is 6.07 Å². The van der Waals surface area contributed by atoms with Gasteiger partial charge in [-0.3, -0.25) is 14.5 Å². The molecule has 4 aromatic rings. The Kier molecular flexibility index (Phi) is 6.84. The van der Waals surface area contributed by atoms with Gasteiger partial charge >= 0.3 is 0 Å². The van der Waals surface area contributed by atoms with E-state index >= 15 is 4.39 Å². The largest absolute Gasteiger partial charge is 0.497 e. The van der Waals surface area contributed by atoms with Crippen molar-refractivity contribution in [3.8, 4) is 5.75 Å². The highest BCUT2D eigenvalue weighted by Crippen LogP contribution is 2.31. The highest BCUT2D eigenvalue weighted by atomic mass is 32.2. The Morgan fingerprint density at radius 3 is 2.58 bits per heavy atom. The second-order valence-corrected chi connectivity index (χ2v) is 9.55. The lowest BCUT2D eigenvalue weighted by molar-refractivity contribution is -0.352. The first-order chi connectivity index (χ1) is 17.1. The zero-order valence-electron chi connectivity index (χ0n) is 19.1. The molecular weight excluding hydrogens is 499 g/mol. The van der Waals surface area contributed by atoms with Crippen LogP contribution in [0.3, 0.4) is 0 Å². The molecule has 0 aliphatic heterocycles. The van der Waals surface area contributed by atoms with Crippen molar-refractivity contribution in [3.05, 3.63) is 71.4 Å². The van der Waals surface area contributed by atoms with Crippen LogP contribution >= 0.6 is 0 Å². The van der Waals surface area contributed by atoms with Crippen LogP contribution in [-0.2, 0) is 10.0 Å². The van der Waals surface area contributed by atoms with Crippen LogP contribution in [0.4, 0.5) is 30.4 Å². The third-order valence-electron chi connectivity index (χ3n) is 5.25. The number of nitrogens with one attached hydrogen (secondary N) is 4. The molecule has 36 heavy (non-hydrogen) atoms. The molecule has 4 rings (SSSR count). The predicted octanol–water partition coefficient (Wildman–Crippen LogP) is 3.93. The Bertz CT molecular complexity index is 1570. The molecule has 0 amide bonds. The van der Waals surface area contributed by atoms with E-state index in [1.807, 2.05) is 4.72 Å². The molecule has 13 heteroatoms. The number of anilines is 3. The number of halogens is 3. The van der Waals surface area contributed by atoms with Gasteiger partial charge in [0.15, 0.2) is 5.82 Å². The van der Waals surface area contributed by atoms with Crippen LogP contribution in [0.5, 0.6) is 5.75 Å². The average molecular weight is 521 g/mol. The quantitative estimate of drug-likeness (QED) is 0.287.